The molecule has 268 valence electrons. The van der Waals surface area contributed by atoms with Crippen LogP contribution in [0.25, 0.3) is 10.6 Å². The van der Waals surface area contributed by atoms with Crippen molar-refractivity contribution in [3.05, 3.63) is 116 Å². The molecule has 2 N–H and O–H groups in total. The normalized spacial score (nSPS) is 19.0. The Morgan fingerprint density at radius 2 is 1.68 bits per heavy atom. The molecule has 10 nitrogen and oxygen atoms in total. The lowest BCUT2D eigenvalue weighted by atomic mass is 9.91. The standard InChI is InChI=1S/C39H32Cl2FN7O3S/c1-21-14-22(2)53-32(21)29-9-8-25(19-44-29)38(10-11-38)47-34(51)39(12-13-39)46-33(50)30-20-45-36-48(26-15-27(40)31(42)28(41)16-26)35(52)37(3,49(30)36)17-23-4-6-24(18-43)7-5-23/h4-9,14-16,19-20H,10-13,17H2,1-3H3,(H,46,50)(H,47,51)/t37-/m1/s1. The van der Waals surface area contributed by atoms with Crippen LogP contribution in [0.2, 0.25) is 10.0 Å². The molecule has 53 heavy (non-hydrogen) atoms. The number of hydrogen-bond acceptors (Lipinski definition) is 7. The number of carbonyl (C=O) groups is 3. The third-order valence-electron chi connectivity index (χ3n) is 10.4. The minimum absolute atomic E-state index is 0.0606. The Bertz CT molecular complexity index is 2370. The fourth-order valence-electron chi connectivity index (χ4n) is 7.20. The number of hydrogen-bond donors (Lipinski definition) is 2. The van der Waals surface area contributed by atoms with Gasteiger partial charge < -0.3 is 10.6 Å². The molecule has 3 amide bonds. The number of thiophene rings is 1. The van der Waals surface area contributed by atoms with Gasteiger partial charge in [-0.3, -0.25) is 23.9 Å². The van der Waals surface area contributed by atoms with Gasteiger partial charge in [0, 0.05) is 17.5 Å². The third kappa shape index (κ3) is 5.87. The van der Waals surface area contributed by atoms with E-state index in [2.05, 4.69) is 41.6 Å². The second kappa shape index (κ2) is 12.5. The number of anilines is 2. The van der Waals surface area contributed by atoms with E-state index in [-0.39, 0.29) is 39.7 Å². The van der Waals surface area contributed by atoms with Crippen LogP contribution >= 0.6 is 34.5 Å². The number of nitrogens with one attached hydrogen (secondary N) is 2. The number of aryl methyl sites for hydroxylation is 2. The molecule has 2 aromatic carbocycles. The van der Waals surface area contributed by atoms with E-state index in [1.165, 1.54) is 38.2 Å². The third-order valence-corrected chi connectivity index (χ3v) is 12.1. The number of pyridine rings is 1. The predicted octanol–water partition coefficient (Wildman–Crippen LogP) is 7.65. The van der Waals surface area contributed by atoms with Crippen molar-refractivity contribution in [2.24, 2.45) is 0 Å². The molecule has 2 saturated carbocycles. The van der Waals surface area contributed by atoms with Gasteiger partial charge in [-0.15, -0.1) is 11.3 Å². The van der Waals surface area contributed by atoms with Gasteiger partial charge in [0.1, 0.15) is 16.8 Å². The van der Waals surface area contributed by atoms with Gasteiger partial charge in [0.15, 0.2) is 5.82 Å². The van der Waals surface area contributed by atoms with Crippen molar-refractivity contribution in [1.82, 2.24) is 25.2 Å². The number of nitriles is 1. The van der Waals surface area contributed by atoms with E-state index in [9.17, 15) is 24.0 Å². The lowest BCUT2D eigenvalue weighted by Gasteiger charge is -2.27. The van der Waals surface area contributed by atoms with Crippen molar-refractivity contribution in [2.45, 2.75) is 69.5 Å². The smallest absolute Gasteiger partial charge is 0.270 e. The highest BCUT2D eigenvalue weighted by atomic mass is 35.5. The van der Waals surface area contributed by atoms with E-state index in [0.717, 1.165) is 34.5 Å². The highest BCUT2D eigenvalue weighted by molar-refractivity contribution is 7.15. The first kappa shape index (κ1) is 35.0. The second-order valence-corrected chi connectivity index (χ2v) is 16.3. The van der Waals surface area contributed by atoms with E-state index in [1.54, 1.807) is 42.5 Å². The van der Waals surface area contributed by atoms with Crippen LogP contribution in [-0.2, 0) is 27.1 Å². The number of imidazole rings is 1. The van der Waals surface area contributed by atoms with Crippen LogP contribution in [-0.4, -0.2) is 37.8 Å². The van der Waals surface area contributed by atoms with Crippen molar-refractivity contribution in [3.8, 4) is 16.6 Å². The van der Waals surface area contributed by atoms with Crippen LogP contribution < -0.4 is 15.5 Å². The summed E-state index contributed by atoms with van der Waals surface area (Å²) in [5, 5.41) is 14.9. The molecule has 0 saturated heterocycles. The van der Waals surface area contributed by atoms with Gasteiger partial charge in [-0.2, -0.15) is 5.26 Å². The van der Waals surface area contributed by atoms with Gasteiger partial charge in [0.2, 0.25) is 11.9 Å². The molecule has 2 fully saturated rings. The first-order chi connectivity index (χ1) is 25.3. The average Bonchev–Trinajstić information content (AvgIpc) is 4.00. The summed E-state index contributed by atoms with van der Waals surface area (Å²) in [4.78, 5) is 55.3. The van der Waals surface area contributed by atoms with E-state index in [4.69, 9.17) is 28.2 Å². The number of carbonyl (C=O) groups excluding carboxylic acids is 3. The Morgan fingerprint density at radius 3 is 2.25 bits per heavy atom. The molecule has 2 aliphatic carbocycles. The lowest BCUT2D eigenvalue weighted by molar-refractivity contribution is -0.125. The first-order valence-electron chi connectivity index (χ1n) is 17.0. The van der Waals surface area contributed by atoms with Crippen molar-refractivity contribution < 1.29 is 18.8 Å². The van der Waals surface area contributed by atoms with Crippen molar-refractivity contribution in [2.75, 3.05) is 4.90 Å². The summed E-state index contributed by atoms with van der Waals surface area (Å²) in [7, 11) is 0. The zero-order valence-electron chi connectivity index (χ0n) is 28.9. The largest absolute Gasteiger partial charge is 0.344 e. The molecular formula is C39H32Cl2FN7O3S. The maximum Gasteiger partial charge on any atom is 0.270 e. The van der Waals surface area contributed by atoms with Gasteiger partial charge in [0.05, 0.1) is 49.7 Å². The van der Waals surface area contributed by atoms with Crippen LogP contribution in [0, 0.1) is 31.0 Å². The SMILES string of the molecule is Cc1cc(C)c(-c2ccc(C3(NC(=O)C4(NC(=O)c5cnc6n5[C@](C)(Cc5ccc(C#N)cc5)C(=O)N6c5cc(Cl)c(F)c(Cl)c5)CC4)CC3)cn2)s1. The Kier molecular flexibility index (Phi) is 8.25. The quantitative estimate of drug-likeness (QED) is 0.148. The van der Waals surface area contributed by atoms with Gasteiger partial charge in [0.25, 0.3) is 11.8 Å². The lowest BCUT2D eigenvalue weighted by Crippen LogP contribution is -2.52. The predicted molar refractivity (Wildman–Crippen MR) is 200 cm³/mol. The van der Waals surface area contributed by atoms with Crippen molar-refractivity contribution in [1.29, 1.82) is 5.26 Å². The zero-order valence-corrected chi connectivity index (χ0v) is 31.2. The maximum absolute atomic E-state index is 14.4. The summed E-state index contributed by atoms with van der Waals surface area (Å²) >= 11 is 14.0. The maximum atomic E-state index is 14.4. The summed E-state index contributed by atoms with van der Waals surface area (Å²) in [5.74, 6) is -2.05. The second-order valence-electron chi connectivity index (χ2n) is 14.3. The molecule has 0 radical (unpaired) electrons. The number of aromatic nitrogens is 3. The van der Waals surface area contributed by atoms with Gasteiger partial charge in [-0.1, -0.05) is 41.4 Å². The molecule has 5 aromatic rings. The fraction of sp³-hybridized carbons (Fsp3) is 0.282. The number of amides is 3. The number of nitrogens with zero attached hydrogens (tertiary/aromatic N) is 5. The highest BCUT2D eigenvalue weighted by Crippen LogP contribution is 2.48. The average molecular weight is 769 g/mol. The molecule has 0 bridgehead atoms. The molecule has 0 unspecified atom stereocenters. The van der Waals surface area contributed by atoms with Crippen molar-refractivity contribution in [3.63, 3.8) is 0 Å². The Hall–Kier alpha value is -5.09. The number of halogens is 3. The summed E-state index contributed by atoms with van der Waals surface area (Å²) in [5.41, 5.74) is 1.27. The number of fused-ring (bicyclic) bond motifs is 1. The monoisotopic (exact) mass is 767 g/mol. The van der Waals surface area contributed by atoms with Crippen LogP contribution in [0.15, 0.2) is 67.0 Å². The fourth-order valence-corrected chi connectivity index (χ4v) is 8.68. The summed E-state index contributed by atoms with van der Waals surface area (Å²) in [6.07, 6.45) is 5.68. The zero-order chi connectivity index (χ0) is 37.4. The molecule has 8 rings (SSSR count). The Morgan fingerprint density at radius 1 is 0.981 bits per heavy atom. The minimum Gasteiger partial charge on any atom is -0.344 e. The molecule has 0 spiro atoms. The van der Waals surface area contributed by atoms with Gasteiger partial charge >= 0.3 is 0 Å². The molecule has 4 heterocycles. The molecule has 14 heteroatoms. The van der Waals surface area contributed by atoms with E-state index >= 15 is 0 Å². The highest BCUT2D eigenvalue weighted by Gasteiger charge is 2.57. The topological polar surface area (TPSA) is 133 Å². The van der Waals surface area contributed by atoms with E-state index in [1.807, 2.05) is 18.3 Å². The van der Waals surface area contributed by atoms with E-state index < -0.39 is 34.2 Å². The molecule has 3 aliphatic rings. The summed E-state index contributed by atoms with van der Waals surface area (Å²) in [6.45, 7) is 5.82. The molecular weight excluding hydrogens is 736 g/mol. The van der Waals surface area contributed by atoms with Gasteiger partial charge in [-0.05, 0) is 99.5 Å². The van der Waals surface area contributed by atoms with Crippen LogP contribution in [0.3, 0.4) is 0 Å². The summed E-state index contributed by atoms with van der Waals surface area (Å²) < 4.78 is 16.0. The van der Waals surface area contributed by atoms with E-state index in [0.29, 0.717) is 18.4 Å². The molecule has 1 aliphatic heterocycles. The van der Waals surface area contributed by atoms with Gasteiger partial charge in [-0.25, -0.2) is 14.3 Å². The summed E-state index contributed by atoms with van der Waals surface area (Å²) in [6, 6.07) is 17.6. The van der Waals surface area contributed by atoms with Crippen LogP contribution in [0.5, 0.6) is 0 Å². The molecule has 1 atom stereocenters. The number of benzene rings is 2. The minimum atomic E-state index is -1.41. The Balaban J connectivity index is 1.07. The van der Waals surface area contributed by atoms with Crippen LogP contribution in [0.4, 0.5) is 16.0 Å². The number of rotatable bonds is 9. The molecule has 3 aromatic heterocycles. The Labute approximate surface area is 318 Å². The van der Waals surface area contributed by atoms with Crippen LogP contribution in [0.1, 0.15) is 70.2 Å². The first-order valence-corrected chi connectivity index (χ1v) is 18.6. The van der Waals surface area contributed by atoms with Crippen molar-refractivity contribution >= 4 is 63.9 Å².